The number of ether oxygens (including phenoxy) is 1. The molecule has 1 rings (SSSR count). The molecule has 0 spiro atoms. The van der Waals surface area contributed by atoms with Crippen molar-refractivity contribution in [2.75, 3.05) is 7.11 Å². The fourth-order valence-corrected chi connectivity index (χ4v) is 1.50. The number of methoxy groups -OCH3 is 1. The third kappa shape index (κ3) is 3.33. The molecule has 102 valence electrons. The highest BCUT2D eigenvalue weighted by Crippen LogP contribution is 2.36. The van der Waals surface area contributed by atoms with E-state index in [9.17, 15) is 9.18 Å². The summed E-state index contributed by atoms with van der Waals surface area (Å²) in [5, 5.41) is 0. The molecule has 0 radical (unpaired) electrons. The van der Waals surface area contributed by atoms with Crippen molar-refractivity contribution in [1.29, 1.82) is 0 Å². The molecular weight excluding hydrogens is 238 g/mol. The van der Waals surface area contributed by atoms with Gasteiger partial charge in [-0.25, -0.2) is 9.18 Å². The van der Waals surface area contributed by atoms with Gasteiger partial charge in [-0.15, -0.1) is 0 Å². The van der Waals surface area contributed by atoms with Gasteiger partial charge < -0.3 is 14.0 Å². The molecule has 0 N–H and O–H groups in total. The van der Waals surface area contributed by atoms with Gasteiger partial charge in [-0.3, -0.25) is 0 Å². The average molecular weight is 258 g/mol. The normalized spacial score (nSPS) is 23.3. The van der Waals surface area contributed by atoms with Crippen molar-refractivity contribution in [3.05, 3.63) is 12.1 Å². The van der Waals surface area contributed by atoms with E-state index in [1.807, 2.05) is 27.7 Å². The van der Waals surface area contributed by atoms with E-state index in [4.69, 9.17) is 9.31 Å². The minimum absolute atomic E-state index is 0.0449. The van der Waals surface area contributed by atoms with Crippen LogP contribution in [0.1, 0.15) is 34.1 Å². The molecule has 4 nitrogen and oxygen atoms in total. The van der Waals surface area contributed by atoms with Gasteiger partial charge in [-0.2, -0.15) is 0 Å². The first kappa shape index (κ1) is 15.2. The van der Waals surface area contributed by atoms with E-state index < -0.39 is 30.5 Å². The fourth-order valence-electron chi connectivity index (χ4n) is 1.50. The lowest BCUT2D eigenvalue weighted by Crippen LogP contribution is -2.41. The second kappa shape index (κ2) is 5.40. The Balaban J connectivity index is 2.49. The molecule has 0 amide bonds. The van der Waals surface area contributed by atoms with Crippen molar-refractivity contribution in [2.24, 2.45) is 0 Å². The summed E-state index contributed by atoms with van der Waals surface area (Å²) < 4.78 is 28.8. The Kier molecular flexibility index (Phi) is 4.56. The molecule has 0 unspecified atom stereocenters. The zero-order chi connectivity index (χ0) is 14.0. The minimum atomic E-state index is -1.64. The average Bonchev–Trinajstić information content (AvgIpc) is 2.46. The molecule has 0 bridgehead atoms. The second-order valence-electron chi connectivity index (χ2n) is 5.28. The number of esters is 1. The van der Waals surface area contributed by atoms with Gasteiger partial charge in [0, 0.05) is 6.42 Å². The number of hydrogen-bond donors (Lipinski definition) is 0. The monoisotopic (exact) mass is 258 g/mol. The largest absolute Gasteiger partial charge is 0.486 e. The van der Waals surface area contributed by atoms with Crippen LogP contribution in [0.4, 0.5) is 4.39 Å². The summed E-state index contributed by atoms with van der Waals surface area (Å²) in [6.45, 7) is 7.75. The Morgan fingerprint density at radius 1 is 1.33 bits per heavy atom. The molecule has 1 saturated heterocycles. The summed E-state index contributed by atoms with van der Waals surface area (Å²) in [5.41, 5.74) is -0.834. The number of hydrogen-bond acceptors (Lipinski definition) is 4. The minimum Gasteiger partial charge on any atom is -0.467 e. The highest BCUT2D eigenvalue weighted by Gasteiger charge is 2.49. The first-order chi connectivity index (χ1) is 8.19. The number of carbonyl (C=O) groups is 1. The SMILES string of the molecule is COC(=O)[C@H](F)C/C=C/B1OC(C)(C)C(C)(C)O1. The zero-order valence-corrected chi connectivity index (χ0v) is 11.5. The van der Waals surface area contributed by atoms with Crippen molar-refractivity contribution >= 4 is 13.1 Å². The van der Waals surface area contributed by atoms with Gasteiger partial charge in [0.25, 0.3) is 0 Å². The first-order valence-electron chi connectivity index (χ1n) is 5.94. The van der Waals surface area contributed by atoms with E-state index in [1.165, 1.54) is 6.08 Å². The Morgan fingerprint density at radius 3 is 2.28 bits per heavy atom. The summed E-state index contributed by atoms with van der Waals surface area (Å²) in [7, 11) is 0.646. The Labute approximate surface area is 108 Å². The maximum absolute atomic E-state index is 13.2. The molecule has 18 heavy (non-hydrogen) atoms. The van der Waals surface area contributed by atoms with Crippen molar-refractivity contribution in [3.63, 3.8) is 0 Å². The van der Waals surface area contributed by atoms with Crippen LogP contribution < -0.4 is 0 Å². The predicted octanol–water partition coefficient (Wildman–Crippen LogP) is 2.08. The van der Waals surface area contributed by atoms with E-state index in [0.717, 1.165) is 7.11 Å². The van der Waals surface area contributed by atoms with Gasteiger partial charge in [0.15, 0.2) is 0 Å². The Hall–Kier alpha value is -0.875. The molecule has 1 atom stereocenters. The summed E-state index contributed by atoms with van der Waals surface area (Å²) >= 11 is 0. The first-order valence-corrected chi connectivity index (χ1v) is 5.94. The molecule has 1 aliphatic heterocycles. The van der Waals surface area contributed by atoms with Crippen molar-refractivity contribution < 1.29 is 23.2 Å². The lowest BCUT2D eigenvalue weighted by atomic mass is 9.89. The predicted molar refractivity (Wildman–Crippen MR) is 66.8 cm³/mol. The molecule has 6 heteroatoms. The maximum Gasteiger partial charge on any atom is 0.486 e. The van der Waals surface area contributed by atoms with Gasteiger partial charge in [-0.05, 0) is 27.7 Å². The van der Waals surface area contributed by atoms with E-state index in [1.54, 1.807) is 5.98 Å². The van der Waals surface area contributed by atoms with Gasteiger partial charge in [0.1, 0.15) is 0 Å². The summed E-state index contributed by atoms with van der Waals surface area (Å²) in [5.74, 6) is 0.750. The summed E-state index contributed by atoms with van der Waals surface area (Å²) in [4.78, 5) is 10.9. The van der Waals surface area contributed by atoms with Gasteiger partial charge >= 0.3 is 13.1 Å². The molecule has 0 aromatic heterocycles. The highest BCUT2D eigenvalue weighted by atomic mass is 19.1. The topological polar surface area (TPSA) is 44.8 Å². The van der Waals surface area contributed by atoms with Crippen LogP contribution in [0.15, 0.2) is 12.1 Å². The lowest BCUT2D eigenvalue weighted by molar-refractivity contribution is -0.146. The van der Waals surface area contributed by atoms with Crippen molar-refractivity contribution in [3.8, 4) is 0 Å². The number of rotatable bonds is 4. The number of allylic oxidation sites excluding steroid dienone is 1. The van der Waals surface area contributed by atoms with Gasteiger partial charge in [0.2, 0.25) is 6.17 Å². The van der Waals surface area contributed by atoms with E-state index in [-0.39, 0.29) is 6.42 Å². The number of alkyl halides is 1. The van der Waals surface area contributed by atoms with Crippen LogP contribution in [-0.2, 0) is 18.8 Å². The quantitative estimate of drug-likeness (QED) is 0.572. The Bertz CT molecular complexity index is 325. The fraction of sp³-hybridized carbons (Fsp3) is 0.750. The summed E-state index contributed by atoms with van der Waals surface area (Å²) in [6.07, 6.45) is -0.158. The molecule has 1 heterocycles. The maximum atomic E-state index is 13.2. The molecule has 0 saturated carbocycles. The molecule has 1 aliphatic rings. The zero-order valence-electron chi connectivity index (χ0n) is 11.5. The van der Waals surface area contributed by atoms with Crippen LogP contribution in [0.2, 0.25) is 0 Å². The van der Waals surface area contributed by atoms with Crippen LogP contribution in [0.25, 0.3) is 0 Å². The molecular formula is C12H20BFO4. The van der Waals surface area contributed by atoms with Crippen LogP contribution in [0.3, 0.4) is 0 Å². The molecule has 0 aromatic rings. The molecule has 1 fully saturated rings. The van der Waals surface area contributed by atoms with Crippen LogP contribution in [-0.4, -0.2) is 37.6 Å². The third-order valence-corrected chi connectivity index (χ3v) is 3.36. The van der Waals surface area contributed by atoms with Gasteiger partial charge in [0.05, 0.1) is 18.3 Å². The highest BCUT2D eigenvalue weighted by molar-refractivity contribution is 6.51. The van der Waals surface area contributed by atoms with E-state index in [2.05, 4.69) is 4.74 Å². The second-order valence-corrected chi connectivity index (χ2v) is 5.28. The Morgan fingerprint density at radius 2 is 1.83 bits per heavy atom. The smallest absolute Gasteiger partial charge is 0.467 e. The van der Waals surface area contributed by atoms with Crippen LogP contribution in [0, 0.1) is 0 Å². The van der Waals surface area contributed by atoms with Gasteiger partial charge in [-0.1, -0.05) is 12.1 Å². The van der Waals surface area contributed by atoms with E-state index >= 15 is 0 Å². The number of carbonyl (C=O) groups excluding carboxylic acids is 1. The van der Waals surface area contributed by atoms with Crippen molar-refractivity contribution in [2.45, 2.75) is 51.5 Å². The standard InChI is InChI=1S/C12H20BFO4/c1-11(2)12(3,4)18-13(17-11)8-6-7-9(14)10(15)16-5/h6,8-9H,7H2,1-5H3/b8-6+/t9-/m1/s1. The number of halogens is 1. The van der Waals surface area contributed by atoms with Crippen molar-refractivity contribution in [1.82, 2.24) is 0 Å². The molecule has 0 aromatic carbocycles. The third-order valence-electron chi connectivity index (χ3n) is 3.36. The van der Waals surface area contributed by atoms with Crippen LogP contribution >= 0.6 is 0 Å². The van der Waals surface area contributed by atoms with E-state index in [0.29, 0.717) is 0 Å². The summed E-state index contributed by atoms with van der Waals surface area (Å²) in [6, 6.07) is 0. The van der Waals surface area contributed by atoms with Crippen LogP contribution in [0.5, 0.6) is 0 Å². The molecule has 0 aliphatic carbocycles. The lowest BCUT2D eigenvalue weighted by Gasteiger charge is -2.32.